The molecule has 30 heavy (non-hydrogen) atoms. The van der Waals surface area contributed by atoms with Crippen molar-refractivity contribution >= 4 is 17.5 Å². The highest BCUT2D eigenvalue weighted by atomic mass is 19.1. The number of rotatable bonds is 7. The monoisotopic (exact) mass is 408 g/mol. The molecule has 2 N–H and O–H groups in total. The van der Waals surface area contributed by atoms with Gasteiger partial charge in [-0.15, -0.1) is 0 Å². The van der Waals surface area contributed by atoms with Crippen molar-refractivity contribution in [1.29, 1.82) is 0 Å². The predicted octanol–water partition coefficient (Wildman–Crippen LogP) is 3.88. The fourth-order valence-electron chi connectivity index (χ4n) is 2.89. The second-order valence-corrected chi connectivity index (χ2v) is 6.35. The van der Waals surface area contributed by atoms with Crippen LogP contribution in [0.15, 0.2) is 66.7 Å². The van der Waals surface area contributed by atoms with E-state index in [4.69, 9.17) is 9.47 Å². The number of benzene rings is 3. The molecule has 0 radical (unpaired) electrons. The van der Waals surface area contributed by atoms with E-state index in [0.29, 0.717) is 11.4 Å². The number of hydrogen-bond donors (Lipinski definition) is 2. The van der Waals surface area contributed by atoms with E-state index in [1.54, 1.807) is 38.5 Å². The van der Waals surface area contributed by atoms with Crippen molar-refractivity contribution in [3.05, 3.63) is 78.1 Å². The quantitative estimate of drug-likeness (QED) is 0.622. The van der Waals surface area contributed by atoms with E-state index in [9.17, 15) is 14.0 Å². The van der Waals surface area contributed by atoms with E-state index in [-0.39, 0.29) is 12.1 Å². The fourth-order valence-corrected chi connectivity index (χ4v) is 2.89. The summed E-state index contributed by atoms with van der Waals surface area (Å²) >= 11 is 0. The Kier molecular flexibility index (Phi) is 6.64. The lowest BCUT2D eigenvalue weighted by molar-refractivity contribution is -0.115. The normalized spacial score (nSPS) is 10.2. The third-order valence-electron chi connectivity index (χ3n) is 4.41. The maximum Gasteiger partial charge on any atom is 0.254 e. The zero-order valence-electron chi connectivity index (χ0n) is 16.6. The summed E-state index contributed by atoms with van der Waals surface area (Å²) in [6.45, 7) is -0.295. The Bertz CT molecular complexity index is 1050. The Morgan fingerprint density at radius 2 is 1.67 bits per heavy atom. The van der Waals surface area contributed by atoms with Gasteiger partial charge in [0.2, 0.25) is 5.91 Å². The molecule has 0 saturated heterocycles. The molecule has 0 fully saturated rings. The Balaban J connectivity index is 1.69. The van der Waals surface area contributed by atoms with E-state index in [2.05, 4.69) is 10.6 Å². The highest BCUT2D eigenvalue weighted by molar-refractivity contribution is 5.99. The van der Waals surface area contributed by atoms with E-state index in [1.807, 2.05) is 24.3 Å². The number of nitrogens with one attached hydrogen (secondary N) is 2. The molecule has 6 nitrogen and oxygen atoms in total. The molecular weight excluding hydrogens is 387 g/mol. The molecule has 0 aromatic heterocycles. The van der Waals surface area contributed by atoms with Gasteiger partial charge in [0, 0.05) is 11.3 Å². The predicted molar refractivity (Wildman–Crippen MR) is 112 cm³/mol. The van der Waals surface area contributed by atoms with Crippen molar-refractivity contribution in [2.24, 2.45) is 0 Å². The number of carbonyl (C=O) groups is 2. The van der Waals surface area contributed by atoms with Crippen molar-refractivity contribution < 1.29 is 23.5 Å². The van der Waals surface area contributed by atoms with Gasteiger partial charge in [-0.25, -0.2) is 4.39 Å². The molecule has 7 heteroatoms. The van der Waals surface area contributed by atoms with E-state index in [0.717, 1.165) is 16.9 Å². The average molecular weight is 408 g/mol. The lowest BCUT2D eigenvalue weighted by atomic mass is 10.0. The van der Waals surface area contributed by atoms with Gasteiger partial charge in [0.15, 0.2) is 0 Å². The highest BCUT2D eigenvalue weighted by Crippen LogP contribution is 2.33. The molecule has 0 aliphatic heterocycles. The molecule has 3 aromatic carbocycles. The van der Waals surface area contributed by atoms with Crippen LogP contribution in [0.5, 0.6) is 11.5 Å². The maximum absolute atomic E-state index is 13.7. The van der Waals surface area contributed by atoms with Crippen LogP contribution in [-0.2, 0) is 4.79 Å². The number of amides is 2. The summed E-state index contributed by atoms with van der Waals surface area (Å²) < 4.78 is 24.3. The maximum atomic E-state index is 13.7. The largest absolute Gasteiger partial charge is 0.497 e. The van der Waals surface area contributed by atoms with Crippen LogP contribution in [0.3, 0.4) is 0 Å². The smallest absolute Gasteiger partial charge is 0.254 e. The Morgan fingerprint density at radius 1 is 0.933 bits per heavy atom. The molecule has 0 bridgehead atoms. The minimum absolute atomic E-state index is 0.114. The van der Waals surface area contributed by atoms with Crippen LogP contribution in [0.1, 0.15) is 10.4 Å². The molecule has 0 heterocycles. The lowest BCUT2D eigenvalue weighted by Gasteiger charge is -2.13. The van der Waals surface area contributed by atoms with E-state index in [1.165, 1.54) is 18.2 Å². The van der Waals surface area contributed by atoms with Crippen LogP contribution in [-0.4, -0.2) is 32.6 Å². The summed E-state index contributed by atoms with van der Waals surface area (Å²) in [5, 5.41) is 5.13. The molecule has 0 aliphatic carbocycles. The summed E-state index contributed by atoms with van der Waals surface area (Å²) in [5.74, 6) is -0.365. The lowest BCUT2D eigenvalue weighted by Crippen LogP contribution is -2.33. The second-order valence-electron chi connectivity index (χ2n) is 6.35. The standard InChI is InChI=1S/C23H21FN2O4/c1-29-17-10-7-15(8-11-17)19-13-16(9-12-21(19)30-2)26-22(27)14-25-23(28)18-5-3-4-6-20(18)24/h3-13H,14H2,1-2H3,(H,25,28)(H,26,27). The zero-order chi connectivity index (χ0) is 21.5. The topological polar surface area (TPSA) is 76.7 Å². The van der Waals surface area contributed by atoms with Crippen molar-refractivity contribution in [1.82, 2.24) is 5.32 Å². The highest BCUT2D eigenvalue weighted by Gasteiger charge is 2.13. The molecule has 0 saturated carbocycles. The molecule has 0 unspecified atom stereocenters. The van der Waals surface area contributed by atoms with Crippen molar-refractivity contribution in [2.45, 2.75) is 0 Å². The number of hydrogen-bond acceptors (Lipinski definition) is 4. The van der Waals surface area contributed by atoms with Crippen LogP contribution in [0.25, 0.3) is 11.1 Å². The summed E-state index contributed by atoms with van der Waals surface area (Å²) in [5.41, 5.74) is 2.09. The first-order valence-corrected chi connectivity index (χ1v) is 9.17. The second kappa shape index (κ2) is 9.56. The third-order valence-corrected chi connectivity index (χ3v) is 4.41. The Labute approximate surface area is 173 Å². The number of ether oxygens (including phenoxy) is 2. The minimum atomic E-state index is -0.656. The molecule has 0 aliphatic rings. The van der Waals surface area contributed by atoms with Gasteiger partial charge in [-0.3, -0.25) is 9.59 Å². The minimum Gasteiger partial charge on any atom is -0.497 e. The van der Waals surface area contributed by atoms with Crippen LogP contribution in [0.4, 0.5) is 10.1 Å². The van der Waals surface area contributed by atoms with Gasteiger partial charge in [0.05, 0.1) is 26.3 Å². The fraction of sp³-hybridized carbons (Fsp3) is 0.130. The van der Waals surface area contributed by atoms with Crippen LogP contribution in [0, 0.1) is 5.82 Å². The number of methoxy groups -OCH3 is 2. The van der Waals surface area contributed by atoms with Crippen molar-refractivity contribution in [2.75, 3.05) is 26.1 Å². The molecule has 2 amide bonds. The van der Waals surface area contributed by atoms with Crippen LogP contribution < -0.4 is 20.1 Å². The van der Waals surface area contributed by atoms with E-state index < -0.39 is 17.6 Å². The Hall–Kier alpha value is -3.87. The first-order chi connectivity index (χ1) is 14.5. The van der Waals surface area contributed by atoms with Crippen LogP contribution in [0.2, 0.25) is 0 Å². The molecule has 3 aromatic rings. The summed E-state index contributed by atoms with van der Waals surface area (Å²) in [6, 6.07) is 18.2. The summed E-state index contributed by atoms with van der Waals surface area (Å²) in [7, 11) is 3.16. The molecule has 154 valence electrons. The van der Waals surface area contributed by atoms with Gasteiger partial charge in [0.1, 0.15) is 17.3 Å². The molecule has 0 atom stereocenters. The first kappa shape index (κ1) is 20.9. The number of halogens is 1. The van der Waals surface area contributed by atoms with Crippen LogP contribution >= 0.6 is 0 Å². The van der Waals surface area contributed by atoms with E-state index >= 15 is 0 Å². The zero-order valence-corrected chi connectivity index (χ0v) is 16.6. The van der Waals surface area contributed by atoms with Gasteiger partial charge in [-0.1, -0.05) is 24.3 Å². The van der Waals surface area contributed by atoms with Gasteiger partial charge in [0.25, 0.3) is 5.91 Å². The van der Waals surface area contributed by atoms with Gasteiger partial charge in [-0.2, -0.15) is 0 Å². The van der Waals surface area contributed by atoms with Gasteiger partial charge < -0.3 is 20.1 Å². The molecular formula is C23H21FN2O4. The molecule has 0 spiro atoms. The SMILES string of the molecule is COc1ccc(-c2cc(NC(=O)CNC(=O)c3ccccc3F)ccc2OC)cc1. The van der Waals surface area contributed by atoms with Crippen molar-refractivity contribution in [3.8, 4) is 22.6 Å². The number of carbonyl (C=O) groups excluding carboxylic acids is 2. The van der Waals surface area contributed by atoms with Gasteiger partial charge >= 0.3 is 0 Å². The Morgan fingerprint density at radius 3 is 2.33 bits per heavy atom. The summed E-state index contributed by atoms with van der Waals surface area (Å²) in [6.07, 6.45) is 0. The first-order valence-electron chi connectivity index (χ1n) is 9.17. The molecule has 3 rings (SSSR count). The summed E-state index contributed by atoms with van der Waals surface area (Å²) in [4.78, 5) is 24.3. The average Bonchev–Trinajstić information content (AvgIpc) is 2.78. The number of anilines is 1. The van der Waals surface area contributed by atoms with Crippen molar-refractivity contribution in [3.63, 3.8) is 0 Å². The van der Waals surface area contributed by atoms with Gasteiger partial charge in [-0.05, 0) is 48.0 Å². The third kappa shape index (κ3) is 4.94.